The Morgan fingerprint density at radius 2 is 1.68 bits per heavy atom. The molecule has 1 unspecified atom stereocenters. The molecule has 0 aliphatic heterocycles. The third-order valence-corrected chi connectivity index (χ3v) is 3.20. The SMILES string of the molecule is Cc1ccccc1OCCNC(C)c1ccccc1. The van der Waals surface area contributed by atoms with Crippen LogP contribution in [0.1, 0.15) is 24.1 Å². The Morgan fingerprint density at radius 1 is 1.00 bits per heavy atom. The average Bonchev–Trinajstić information content (AvgIpc) is 2.46. The Morgan fingerprint density at radius 3 is 2.42 bits per heavy atom. The number of benzene rings is 2. The van der Waals surface area contributed by atoms with Crippen LogP contribution in [0.4, 0.5) is 0 Å². The minimum atomic E-state index is 0.349. The van der Waals surface area contributed by atoms with E-state index in [1.54, 1.807) is 0 Å². The minimum absolute atomic E-state index is 0.349. The molecular weight excluding hydrogens is 234 g/mol. The summed E-state index contributed by atoms with van der Waals surface area (Å²) in [6, 6.07) is 18.9. The fraction of sp³-hybridized carbons (Fsp3) is 0.294. The van der Waals surface area contributed by atoms with Crippen LogP contribution in [0.15, 0.2) is 54.6 Å². The lowest BCUT2D eigenvalue weighted by atomic mass is 10.1. The molecule has 1 N–H and O–H groups in total. The molecule has 0 aliphatic rings. The maximum atomic E-state index is 5.76. The van der Waals surface area contributed by atoms with Crippen molar-refractivity contribution in [3.8, 4) is 5.75 Å². The van der Waals surface area contributed by atoms with E-state index in [2.05, 4.69) is 49.5 Å². The molecule has 0 saturated carbocycles. The molecule has 2 aromatic rings. The van der Waals surface area contributed by atoms with E-state index in [-0.39, 0.29) is 0 Å². The van der Waals surface area contributed by atoms with Crippen LogP contribution in [0.25, 0.3) is 0 Å². The summed E-state index contributed by atoms with van der Waals surface area (Å²) in [5.41, 5.74) is 2.48. The highest BCUT2D eigenvalue weighted by Crippen LogP contribution is 2.16. The van der Waals surface area contributed by atoms with Gasteiger partial charge >= 0.3 is 0 Å². The van der Waals surface area contributed by atoms with Gasteiger partial charge in [-0.3, -0.25) is 0 Å². The van der Waals surface area contributed by atoms with Gasteiger partial charge in [0.2, 0.25) is 0 Å². The smallest absolute Gasteiger partial charge is 0.122 e. The quantitative estimate of drug-likeness (QED) is 0.794. The molecule has 2 heteroatoms. The van der Waals surface area contributed by atoms with Crippen molar-refractivity contribution in [1.29, 1.82) is 0 Å². The van der Waals surface area contributed by atoms with E-state index in [9.17, 15) is 0 Å². The van der Waals surface area contributed by atoms with Gasteiger partial charge in [-0.25, -0.2) is 0 Å². The first kappa shape index (κ1) is 13.6. The van der Waals surface area contributed by atoms with Crippen molar-refractivity contribution in [3.05, 3.63) is 65.7 Å². The molecule has 2 nitrogen and oxygen atoms in total. The van der Waals surface area contributed by atoms with Gasteiger partial charge in [0.1, 0.15) is 12.4 Å². The Bertz CT molecular complexity index is 496. The van der Waals surface area contributed by atoms with Crippen LogP contribution in [-0.2, 0) is 0 Å². The first-order chi connectivity index (χ1) is 9.27. The van der Waals surface area contributed by atoms with Gasteiger partial charge in [0.05, 0.1) is 0 Å². The van der Waals surface area contributed by atoms with Gasteiger partial charge in [0.25, 0.3) is 0 Å². The second-order valence-corrected chi connectivity index (χ2v) is 4.70. The fourth-order valence-corrected chi connectivity index (χ4v) is 2.01. The molecule has 0 heterocycles. The van der Waals surface area contributed by atoms with Crippen LogP contribution < -0.4 is 10.1 Å². The van der Waals surface area contributed by atoms with Crippen LogP contribution in [-0.4, -0.2) is 13.2 Å². The molecule has 0 bridgehead atoms. The van der Waals surface area contributed by atoms with Crippen molar-refractivity contribution in [2.24, 2.45) is 0 Å². The van der Waals surface area contributed by atoms with E-state index in [1.807, 2.05) is 24.3 Å². The third-order valence-electron chi connectivity index (χ3n) is 3.20. The van der Waals surface area contributed by atoms with Crippen molar-refractivity contribution in [3.63, 3.8) is 0 Å². The molecule has 0 aliphatic carbocycles. The van der Waals surface area contributed by atoms with E-state index < -0.39 is 0 Å². The van der Waals surface area contributed by atoms with Gasteiger partial charge < -0.3 is 10.1 Å². The fourth-order valence-electron chi connectivity index (χ4n) is 2.01. The normalized spacial score (nSPS) is 12.1. The number of para-hydroxylation sites is 1. The van der Waals surface area contributed by atoms with E-state index in [4.69, 9.17) is 4.74 Å². The molecule has 1 atom stereocenters. The van der Waals surface area contributed by atoms with Crippen LogP contribution in [0.3, 0.4) is 0 Å². The van der Waals surface area contributed by atoms with Gasteiger partial charge in [-0.05, 0) is 31.0 Å². The zero-order valence-electron chi connectivity index (χ0n) is 11.6. The number of nitrogens with one attached hydrogen (secondary N) is 1. The second kappa shape index (κ2) is 6.95. The first-order valence-electron chi connectivity index (χ1n) is 6.74. The van der Waals surface area contributed by atoms with Crippen LogP contribution in [0.2, 0.25) is 0 Å². The number of hydrogen-bond donors (Lipinski definition) is 1. The van der Waals surface area contributed by atoms with Gasteiger partial charge in [-0.2, -0.15) is 0 Å². The molecule has 0 amide bonds. The number of hydrogen-bond acceptors (Lipinski definition) is 2. The van der Waals surface area contributed by atoms with Crippen molar-refractivity contribution in [1.82, 2.24) is 5.32 Å². The first-order valence-corrected chi connectivity index (χ1v) is 6.74. The molecule has 0 fully saturated rings. The lowest BCUT2D eigenvalue weighted by molar-refractivity contribution is 0.305. The zero-order chi connectivity index (χ0) is 13.5. The Labute approximate surface area is 115 Å². The Balaban J connectivity index is 1.74. The Hall–Kier alpha value is -1.80. The summed E-state index contributed by atoms with van der Waals surface area (Å²) in [6.45, 7) is 5.75. The summed E-state index contributed by atoms with van der Waals surface area (Å²) in [7, 11) is 0. The molecule has 0 saturated heterocycles. The van der Waals surface area contributed by atoms with Gasteiger partial charge in [-0.15, -0.1) is 0 Å². The topological polar surface area (TPSA) is 21.3 Å². The number of ether oxygens (including phenoxy) is 1. The van der Waals surface area contributed by atoms with Gasteiger partial charge in [-0.1, -0.05) is 48.5 Å². The monoisotopic (exact) mass is 255 g/mol. The third kappa shape index (κ3) is 4.11. The molecular formula is C17H21NO. The Kier molecular flexibility index (Phi) is 4.99. The van der Waals surface area contributed by atoms with Gasteiger partial charge in [0, 0.05) is 12.6 Å². The maximum absolute atomic E-state index is 5.76. The summed E-state index contributed by atoms with van der Waals surface area (Å²) in [5.74, 6) is 0.969. The van der Waals surface area contributed by atoms with Crippen LogP contribution >= 0.6 is 0 Å². The highest BCUT2D eigenvalue weighted by Gasteiger charge is 2.03. The summed E-state index contributed by atoms with van der Waals surface area (Å²) in [4.78, 5) is 0. The van der Waals surface area contributed by atoms with Gasteiger partial charge in [0.15, 0.2) is 0 Å². The summed E-state index contributed by atoms with van der Waals surface area (Å²) in [6.07, 6.45) is 0. The maximum Gasteiger partial charge on any atom is 0.122 e. The average molecular weight is 255 g/mol. The van der Waals surface area contributed by atoms with Crippen molar-refractivity contribution >= 4 is 0 Å². The predicted molar refractivity (Wildman–Crippen MR) is 79.5 cm³/mol. The molecule has 0 spiro atoms. The minimum Gasteiger partial charge on any atom is -0.492 e. The molecule has 100 valence electrons. The summed E-state index contributed by atoms with van der Waals surface area (Å²) < 4.78 is 5.76. The predicted octanol–water partition coefficient (Wildman–Crippen LogP) is 3.72. The number of aryl methyl sites for hydroxylation is 1. The highest BCUT2D eigenvalue weighted by atomic mass is 16.5. The molecule has 2 aromatic carbocycles. The largest absolute Gasteiger partial charge is 0.492 e. The second-order valence-electron chi connectivity index (χ2n) is 4.70. The highest BCUT2D eigenvalue weighted by molar-refractivity contribution is 5.31. The molecule has 2 rings (SSSR count). The molecule has 19 heavy (non-hydrogen) atoms. The van der Waals surface area contributed by atoms with Crippen molar-refractivity contribution in [2.45, 2.75) is 19.9 Å². The summed E-state index contributed by atoms with van der Waals surface area (Å²) in [5, 5.41) is 3.46. The van der Waals surface area contributed by atoms with E-state index >= 15 is 0 Å². The lowest BCUT2D eigenvalue weighted by Crippen LogP contribution is -2.24. The van der Waals surface area contributed by atoms with Crippen molar-refractivity contribution < 1.29 is 4.74 Å². The standard InChI is InChI=1S/C17H21NO/c1-14-8-6-7-11-17(14)19-13-12-18-15(2)16-9-4-3-5-10-16/h3-11,15,18H,12-13H2,1-2H3. The van der Waals surface area contributed by atoms with E-state index in [0.717, 1.165) is 12.3 Å². The molecule has 0 aromatic heterocycles. The molecule has 0 radical (unpaired) electrons. The van der Waals surface area contributed by atoms with Crippen LogP contribution in [0.5, 0.6) is 5.75 Å². The van der Waals surface area contributed by atoms with Crippen molar-refractivity contribution in [2.75, 3.05) is 13.2 Å². The number of rotatable bonds is 6. The summed E-state index contributed by atoms with van der Waals surface area (Å²) >= 11 is 0. The lowest BCUT2D eigenvalue weighted by Gasteiger charge is -2.15. The zero-order valence-corrected chi connectivity index (χ0v) is 11.6. The van der Waals surface area contributed by atoms with E-state index in [0.29, 0.717) is 12.6 Å². The van der Waals surface area contributed by atoms with Crippen LogP contribution in [0, 0.1) is 6.92 Å². The van der Waals surface area contributed by atoms with E-state index in [1.165, 1.54) is 11.1 Å².